The number of rotatable bonds is 8. The summed E-state index contributed by atoms with van der Waals surface area (Å²) in [6.07, 6.45) is 6.19. The zero-order valence-electron chi connectivity index (χ0n) is 21.0. The first-order chi connectivity index (χ1) is 17.2. The van der Waals surface area contributed by atoms with Crippen LogP contribution < -0.4 is 21.3 Å². The minimum absolute atomic E-state index is 0.0680. The second-order valence-electron chi connectivity index (χ2n) is 10.5. The van der Waals surface area contributed by atoms with E-state index in [1.165, 1.54) is 36.4 Å². The molecule has 9 nitrogen and oxygen atoms in total. The van der Waals surface area contributed by atoms with Crippen molar-refractivity contribution in [3.63, 3.8) is 0 Å². The van der Waals surface area contributed by atoms with Gasteiger partial charge in [-0.2, -0.15) is 9.97 Å². The Morgan fingerprint density at radius 3 is 2.78 bits per heavy atom. The number of aromatic nitrogens is 3. The average Bonchev–Trinajstić information content (AvgIpc) is 3.43. The van der Waals surface area contributed by atoms with Crippen LogP contribution in [-0.2, 0) is 17.4 Å². The van der Waals surface area contributed by atoms with Gasteiger partial charge in [0.05, 0.1) is 5.69 Å². The van der Waals surface area contributed by atoms with Crippen molar-refractivity contribution in [2.24, 2.45) is 0 Å². The van der Waals surface area contributed by atoms with Crippen LogP contribution in [0.5, 0.6) is 0 Å². The number of nitrogens with one attached hydrogen (secondary N) is 4. The highest BCUT2D eigenvalue weighted by Crippen LogP contribution is 2.48. The van der Waals surface area contributed by atoms with E-state index in [-0.39, 0.29) is 34.9 Å². The second-order valence-corrected chi connectivity index (χ2v) is 10.5. The Kier molecular flexibility index (Phi) is 6.15. The minimum atomic E-state index is -0.791. The molecule has 5 rings (SSSR count). The van der Waals surface area contributed by atoms with Crippen LogP contribution in [0.2, 0.25) is 0 Å². The number of nitrogens with zero attached hydrogens (tertiary/aromatic N) is 3. The highest BCUT2D eigenvalue weighted by molar-refractivity contribution is 5.99. The van der Waals surface area contributed by atoms with E-state index < -0.39 is 12.1 Å². The number of carbonyl (C=O) groups excluding carboxylic acids is 1. The molecule has 10 heteroatoms. The Labute approximate surface area is 209 Å². The number of oxazole rings is 1. The molecule has 0 atom stereocenters. The summed E-state index contributed by atoms with van der Waals surface area (Å²) in [5, 5.41) is 12.7. The summed E-state index contributed by atoms with van der Waals surface area (Å²) < 4.78 is 18.9. The first-order valence-electron chi connectivity index (χ1n) is 12.3. The number of carbonyl (C=O) groups is 1. The van der Waals surface area contributed by atoms with Gasteiger partial charge in [0.25, 0.3) is 5.91 Å². The van der Waals surface area contributed by atoms with Crippen molar-refractivity contribution < 1.29 is 13.6 Å². The van der Waals surface area contributed by atoms with Crippen LogP contribution in [0.25, 0.3) is 0 Å². The molecule has 0 unspecified atom stereocenters. The molecule has 190 valence electrons. The molecule has 1 saturated carbocycles. The van der Waals surface area contributed by atoms with Crippen LogP contribution in [-0.4, -0.2) is 40.1 Å². The maximum absolute atomic E-state index is 13.4. The van der Waals surface area contributed by atoms with Gasteiger partial charge in [0.1, 0.15) is 18.5 Å². The predicted molar refractivity (Wildman–Crippen MR) is 136 cm³/mol. The lowest BCUT2D eigenvalue weighted by Gasteiger charge is -2.27. The standard InChI is InChI=1S/C26H32FN7O2/c1-15(2)30-22(35)18-12-28-23(33-21(18)34-24-32-20(13-36-24)25(3,4)14-27)31-17-5-6-19-16(11-17)7-10-29-26(19)8-9-26/h5-6,11-13,15,29H,7-10,14H2,1-4H3,(H,30,35)(H2,28,31,32,33,34). The van der Waals surface area contributed by atoms with E-state index in [4.69, 9.17) is 4.42 Å². The quantitative estimate of drug-likeness (QED) is 0.363. The zero-order valence-corrected chi connectivity index (χ0v) is 21.0. The fourth-order valence-corrected chi connectivity index (χ4v) is 4.43. The minimum Gasteiger partial charge on any atom is -0.432 e. The molecule has 4 N–H and O–H groups in total. The van der Waals surface area contributed by atoms with Gasteiger partial charge in [-0.1, -0.05) is 19.9 Å². The van der Waals surface area contributed by atoms with Gasteiger partial charge in [-0.05, 0) is 56.4 Å². The topological polar surface area (TPSA) is 117 Å². The first kappa shape index (κ1) is 24.2. The van der Waals surface area contributed by atoms with Crippen molar-refractivity contribution in [2.45, 2.75) is 64.0 Å². The van der Waals surface area contributed by atoms with E-state index in [9.17, 15) is 9.18 Å². The summed E-state index contributed by atoms with van der Waals surface area (Å²) in [5.74, 6) is 0.228. The van der Waals surface area contributed by atoms with Crippen LogP contribution in [0.1, 0.15) is 67.7 Å². The van der Waals surface area contributed by atoms with Crippen LogP contribution in [0, 0.1) is 0 Å². The van der Waals surface area contributed by atoms with E-state index in [1.54, 1.807) is 13.8 Å². The lowest BCUT2D eigenvalue weighted by atomic mass is 9.92. The highest BCUT2D eigenvalue weighted by atomic mass is 19.1. The fourth-order valence-electron chi connectivity index (χ4n) is 4.43. The molecule has 1 aliphatic heterocycles. The van der Waals surface area contributed by atoms with Gasteiger partial charge in [-0.3, -0.25) is 14.5 Å². The third-order valence-electron chi connectivity index (χ3n) is 6.69. The van der Waals surface area contributed by atoms with Crippen molar-refractivity contribution in [3.05, 3.63) is 53.0 Å². The van der Waals surface area contributed by atoms with Gasteiger partial charge in [0.15, 0.2) is 5.82 Å². The van der Waals surface area contributed by atoms with Crippen LogP contribution >= 0.6 is 0 Å². The smallest absolute Gasteiger partial charge is 0.300 e. The van der Waals surface area contributed by atoms with Gasteiger partial charge in [-0.15, -0.1) is 0 Å². The molecule has 0 saturated heterocycles. The SMILES string of the molecule is CC(C)NC(=O)c1cnc(Nc2ccc3c(c2)CCNC32CC2)nc1Nc1nc(C(C)(C)CF)co1. The number of hydrogen-bond acceptors (Lipinski definition) is 8. The third kappa shape index (κ3) is 4.77. The van der Waals surface area contributed by atoms with Gasteiger partial charge < -0.3 is 20.4 Å². The Morgan fingerprint density at radius 1 is 1.25 bits per heavy atom. The number of anilines is 4. The molecule has 3 heterocycles. The van der Waals surface area contributed by atoms with Gasteiger partial charge in [0.2, 0.25) is 5.95 Å². The normalized spacial score (nSPS) is 16.1. The number of halogens is 1. The van der Waals surface area contributed by atoms with E-state index >= 15 is 0 Å². The second kappa shape index (κ2) is 9.16. The molecule has 1 aliphatic carbocycles. The number of benzene rings is 1. The summed E-state index contributed by atoms with van der Waals surface area (Å²) in [6.45, 7) is 7.61. The first-order valence-corrected chi connectivity index (χ1v) is 12.3. The fraction of sp³-hybridized carbons (Fsp3) is 0.462. The maximum Gasteiger partial charge on any atom is 0.300 e. The van der Waals surface area contributed by atoms with E-state index in [0.717, 1.165) is 18.7 Å². The molecule has 36 heavy (non-hydrogen) atoms. The summed E-state index contributed by atoms with van der Waals surface area (Å²) in [7, 11) is 0. The summed E-state index contributed by atoms with van der Waals surface area (Å²) in [5.41, 5.74) is 3.65. The molecular formula is C26H32FN7O2. The van der Waals surface area contributed by atoms with E-state index in [2.05, 4.69) is 48.4 Å². The lowest BCUT2D eigenvalue weighted by Crippen LogP contribution is -2.36. The van der Waals surface area contributed by atoms with Crippen molar-refractivity contribution in [1.82, 2.24) is 25.6 Å². The van der Waals surface area contributed by atoms with Crippen molar-refractivity contribution >= 4 is 29.4 Å². The highest BCUT2D eigenvalue weighted by Gasteiger charge is 2.46. The van der Waals surface area contributed by atoms with E-state index in [0.29, 0.717) is 11.6 Å². The number of amides is 1. The molecule has 1 spiro atoms. The van der Waals surface area contributed by atoms with Gasteiger partial charge in [0, 0.05) is 35.4 Å². The molecule has 0 radical (unpaired) electrons. The molecule has 1 aromatic carbocycles. The van der Waals surface area contributed by atoms with Crippen molar-refractivity contribution in [3.8, 4) is 0 Å². The largest absolute Gasteiger partial charge is 0.432 e. The molecule has 1 fully saturated rings. The Balaban J connectivity index is 1.42. The number of alkyl halides is 1. The summed E-state index contributed by atoms with van der Waals surface area (Å²) in [4.78, 5) is 26.1. The molecule has 2 aromatic heterocycles. The molecule has 1 amide bonds. The van der Waals surface area contributed by atoms with Crippen molar-refractivity contribution in [2.75, 3.05) is 23.9 Å². The van der Waals surface area contributed by atoms with Crippen LogP contribution in [0.15, 0.2) is 35.1 Å². The molecule has 3 aromatic rings. The molecule has 2 aliphatic rings. The Morgan fingerprint density at radius 2 is 2.06 bits per heavy atom. The van der Waals surface area contributed by atoms with Crippen LogP contribution in [0.3, 0.4) is 0 Å². The summed E-state index contributed by atoms with van der Waals surface area (Å²) >= 11 is 0. The number of hydrogen-bond donors (Lipinski definition) is 4. The number of fused-ring (bicyclic) bond motifs is 2. The monoisotopic (exact) mass is 493 g/mol. The van der Waals surface area contributed by atoms with Crippen LogP contribution in [0.4, 0.5) is 27.9 Å². The summed E-state index contributed by atoms with van der Waals surface area (Å²) in [6, 6.07) is 6.39. The molecular weight excluding hydrogens is 461 g/mol. The molecule has 0 bridgehead atoms. The third-order valence-corrected chi connectivity index (χ3v) is 6.69. The van der Waals surface area contributed by atoms with Gasteiger partial charge >= 0.3 is 6.01 Å². The zero-order chi connectivity index (χ0) is 25.5. The Bertz CT molecular complexity index is 1280. The van der Waals surface area contributed by atoms with Crippen molar-refractivity contribution in [1.29, 1.82) is 0 Å². The lowest BCUT2D eigenvalue weighted by molar-refractivity contribution is 0.0943. The van der Waals surface area contributed by atoms with E-state index in [1.807, 2.05) is 19.9 Å². The average molecular weight is 494 g/mol. The maximum atomic E-state index is 13.4. The predicted octanol–water partition coefficient (Wildman–Crippen LogP) is 4.47. The van der Waals surface area contributed by atoms with Gasteiger partial charge in [-0.25, -0.2) is 4.98 Å². The Hall–Kier alpha value is -3.53.